The topological polar surface area (TPSA) is 104 Å². The van der Waals surface area contributed by atoms with Crippen LogP contribution in [-0.2, 0) is 14.8 Å². The summed E-state index contributed by atoms with van der Waals surface area (Å²) >= 11 is 6.36. The zero-order valence-corrected chi connectivity index (χ0v) is 19.9. The Kier molecular flexibility index (Phi) is 6.63. The zero-order valence-electron chi connectivity index (χ0n) is 18.3. The summed E-state index contributed by atoms with van der Waals surface area (Å²) in [6.45, 7) is 0. The molecule has 34 heavy (non-hydrogen) atoms. The van der Waals surface area contributed by atoms with Crippen LogP contribution in [0.1, 0.15) is 34.8 Å². The van der Waals surface area contributed by atoms with Crippen LogP contribution < -0.4 is 4.72 Å². The first-order valence-corrected chi connectivity index (χ1v) is 12.9. The second-order valence-electron chi connectivity index (χ2n) is 8.21. The molecule has 9 heteroatoms. The Balaban J connectivity index is 1.63. The van der Waals surface area contributed by atoms with Gasteiger partial charge in [0, 0.05) is 16.3 Å². The lowest BCUT2D eigenvalue weighted by atomic mass is 10.0. The molecule has 1 aliphatic rings. The molecule has 0 spiro atoms. The van der Waals surface area contributed by atoms with Crippen LogP contribution in [0.15, 0.2) is 72.8 Å². The molecule has 0 aliphatic carbocycles. The third kappa shape index (κ3) is 5.08. The minimum atomic E-state index is -3.40. The van der Waals surface area contributed by atoms with Crippen LogP contribution in [0.3, 0.4) is 0 Å². The highest BCUT2D eigenvalue weighted by atomic mass is 35.5. The van der Waals surface area contributed by atoms with Gasteiger partial charge in [0.25, 0.3) is 5.91 Å². The highest BCUT2D eigenvalue weighted by Gasteiger charge is 2.42. The summed E-state index contributed by atoms with van der Waals surface area (Å²) in [6, 6.07) is 19.5. The molecule has 0 aromatic heterocycles. The van der Waals surface area contributed by atoms with E-state index in [1.807, 2.05) is 18.2 Å². The Labute approximate surface area is 203 Å². The molecule has 2 N–H and O–H groups in total. The van der Waals surface area contributed by atoms with Gasteiger partial charge in [-0.05, 0) is 59.9 Å². The van der Waals surface area contributed by atoms with Crippen molar-refractivity contribution in [3.8, 4) is 11.1 Å². The van der Waals surface area contributed by atoms with E-state index in [1.54, 1.807) is 54.6 Å². The number of sulfonamides is 1. The molecular formula is C25H23ClN2O5S. The predicted molar refractivity (Wildman–Crippen MR) is 131 cm³/mol. The highest BCUT2D eigenvalue weighted by Crippen LogP contribution is 2.40. The van der Waals surface area contributed by atoms with E-state index in [9.17, 15) is 23.1 Å². The molecule has 0 bridgehead atoms. The maximum absolute atomic E-state index is 13.5. The van der Waals surface area contributed by atoms with Crippen LogP contribution in [0.4, 0.5) is 5.69 Å². The van der Waals surface area contributed by atoms with Crippen molar-refractivity contribution in [2.24, 2.45) is 0 Å². The number of nitrogens with one attached hydrogen (secondary N) is 1. The van der Waals surface area contributed by atoms with Crippen LogP contribution >= 0.6 is 11.6 Å². The Morgan fingerprint density at radius 1 is 0.971 bits per heavy atom. The zero-order chi connectivity index (χ0) is 24.5. The van der Waals surface area contributed by atoms with Crippen molar-refractivity contribution in [3.05, 3.63) is 88.9 Å². The number of hydrogen-bond acceptors (Lipinski definition) is 4. The molecule has 1 saturated heterocycles. The van der Waals surface area contributed by atoms with Crippen molar-refractivity contribution >= 4 is 39.2 Å². The van der Waals surface area contributed by atoms with Gasteiger partial charge in [-0.25, -0.2) is 13.2 Å². The summed E-state index contributed by atoms with van der Waals surface area (Å²) in [6.07, 6.45) is 1.93. The molecule has 1 amide bonds. The standard InChI is InChI=1S/C25H23ClN2O5S/c1-34(32,33)27-19-6-4-5-18(15-19)16-9-11-17(12-10-16)24(29)28-22(13-14-23(28)25(30)31)20-7-2-3-8-21(20)26/h2-12,15,22-23,27H,13-14H2,1H3,(H,30,31)/t22?,23-/m0/s1. The van der Waals surface area contributed by atoms with E-state index >= 15 is 0 Å². The Bertz CT molecular complexity index is 1340. The highest BCUT2D eigenvalue weighted by molar-refractivity contribution is 7.92. The molecule has 3 aromatic rings. The summed E-state index contributed by atoms with van der Waals surface area (Å²) in [4.78, 5) is 26.8. The van der Waals surface area contributed by atoms with Crippen LogP contribution in [0.5, 0.6) is 0 Å². The molecule has 1 aliphatic heterocycles. The predicted octanol–water partition coefficient (Wildman–Crippen LogP) is 4.81. The molecule has 3 aromatic carbocycles. The molecule has 1 heterocycles. The average Bonchev–Trinajstić information content (AvgIpc) is 3.23. The van der Waals surface area contributed by atoms with Crippen LogP contribution in [-0.4, -0.2) is 42.6 Å². The van der Waals surface area contributed by atoms with E-state index in [0.717, 1.165) is 22.9 Å². The molecular weight excluding hydrogens is 476 g/mol. The summed E-state index contributed by atoms with van der Waals surface area (Å²) in [5.74, 6) is -1.43. The SMILES string of the molecule is CS(=O)(=O)Nc1cccc(-c2ccc(C(=O)N3C(c4ccccc4Cl)CC[C@H]3C(=O)O)cc2)c1. The second kappa shape index (κ2) is 9.48. The lowest BCUT2D eigenvalue weighted by Crippen LogP contribution is -2.41. The van der Waals surface area contributed by atoms with Gasteiger partial charge in [-0.2, -0.15) is 0 Å². The number of carboxylic acid groups (broad SMARTS) is 1. The first-order chi connectivity index (χ1) is 16.1. The number of likely N-dealkylation sites (tertiary alicyclic amines) is 1. The Morgan fingerprint density at radius 2 is 1.68 bits per heavy atom. The molecule has 0 radical (unpaired) electrons. The molecule has 176 valence electrons. The monoisotopic (exact) mass is 498 g/mol. The molecule has 2 atom stereocenters. The number of carbonyl (C=O) groups is 2. The maximum atomic E-state index is 13.5. The fourth-order valence-corrected chi connectivity index (χ4v) is 5.13. The fourth-order valence-electron chi connectivity index (χ4n) is 4.32. The molecule has 1 fully saturated rings. The van der Waals surface area contributed by atoms with Crippen LogP contribution in [0.25, 0.3) is 11.1 Å². The van der Waals surface area contributed by atoms with Crippen LogP contribution in [0, 0.1) is 0 Å². The summed E-state index contributed by atoms with van der Waals surface area (Å²) < 4.78 is 25.5. The van der Waals surface area contributed by atoms with Crippen molar-refractivity contribution < 1.29 is 23.1 Å². The summed E-state index contributed by atoms with van der Waals surface area (Å²) in [7, 11) is -3.40. The molecule has 0 saturated carbocycles. The normalized spacial score (nSPS) is 18.0. The maximum Gasteiger partial charge on any atom is 0.326 e. The van der Waals surface area contributed by atoms with Gasteiger partial charge in [0.15, 0.2) is 0 Å². The van der Waals surface area contributed by atoms with E-state index in [2.05, 4.69) is 4.72 Å². The van der Waals surface area contributed by atoms with Crippen molar-refractivity contribution in [2.75, 3.05) is 11.0 Å². The summed E-state index contributed by atoms with van der Waals surface area (Å²) in [5.41, 5.74) is 3.08. The van der Waals surface area contributed by atoms with Gasteiger partial charge in [-0.15, -0.1) is 0 Å². The Morgan fingerprint density at radius 3 is 2.32 bits per heavy atom. The lowest BCUT2D eigenvalue weighted by Gasteiger charge is -2.29. The number of carbonyl (C=O) groups excluding carboxylic acids is 1. The van der Waals surface area contributed by atoms with E-state index in [0.29, 0.717) is 29.1 Å². The van der Waals surface area contributed by atoms with Crippen molar-refractivity contribution in [3.63, 3.8) is 0 Å². The number of anilines is 1. The van der Waals surface area contributed by atoms with Gasteiger partial charge < -0.3 is 10.0 Å². The summed E-state index contributed by atoms with van der Waals surface area (Å²) in [5, 5.41) is 10.2. The fraction of sp³-hybridized carbons (Fsp3) is 0.200. The van der Waals surface area contributed by atoms with Gasteiger partial charge in [0.05, 0.1) is 12.3 Å². The first kappa shape index (κ1) is 23.8. The Hall–Kier alpha value is -3.36. The van der Waals surface area contributed by atoms with E-state index in [1.165, 1.54) is 4.90 Å². The molecule has 7 nitrogen and oxygen atoms in total. The van der Waals surface area contributed by atoms with Crippen molar-refractivity contribution in [1.82, 2.24) is 4.90 Å². The minimum absolute atomic E-state index is 0.342. The number of benzene rings is 3. The largest absolute Gasteiger partial charge is 0.480 e. The third-order valence-corrected chi connectivity index (χ3v) is 6.75. The number of aliphatic carboxylic acids is 1. The molecule has 1 unspecified atom stereocenters. The minimum Gasteiger partial charge on any atom is -0.480 e. The quantitative estimate of drug-likeness (QED) is 0.507. The van der Waals surface area contributed by atoms with Gasteiger partial charge in [-0.3, -0.25) is 9.52 Å². The van der Waals surface area contributed by atoms with Crippen molar-refractivity contribution in [1.29, 1.82) is 0 Å². The van der Waals surface area contributed by atoms with Crippen molar-refractivity contribution in [2.45, 2.75) is 24.9 Å². The first-order valence-electron chi connectivity index (χ1n) is 10.6. The lowest BCUT2D eigenvalue weighted by molar-refractivity contribution is -0.141. The van der Waals surface area contributed by atoms with E-state index in [4.69, 9.17) is 11.6 Å². The number of amides is 1. The van der Waals surface area contributed by atoms with Crippen LogP contribution in [0.2, 0.25) is 5.02 Å². The number of hydrogen-bond donors (Lipinski definition) is 2. The van der Waals surface area contributed by atoms with Gasteiger partial charge >= 0.3 is 5.97 Å². The van der Waals surface area contributed by atoms with Gasteiger partial charge in [0.1, 0.15) is 6.04 Å². The molecule has 4 rings (SSSR count). The number of rotatable bonds is 6. The van der Waals surface area contributed by atoms with E-state index in [-0.39, 0.29) is 5.91 Å². The second-order valence-corrected chi connectivity index (χ2v) is 10.4. The average molecular weight is 499 g/mol. The third-order valence-electron chi connectivity index (χ3n) is 5.80. The smallest absolute Gasteiger partial charge is 0.326 e. The number of halogens is 1. The number of nitrogens with zero attached hydrogens (tertiary/aromatic N) is 1. The number of carboxylic acids is 1. The van der Waals surface area contributed by atoms with E-state index < -0.39 is 28.1 Å². The van der Waals surface area contributed by atoms with Gasteiger partial charge in [0.2, 0.25) is 10.0 Å². The van der Waals surface area contributed by atoms with Gasteiger partial charge in [-0.1, -0.05) is 54.1 Å².